The van der Waals surface area contributed by atoms with Crippen molar-refractivity contribution < 1.29 is 9.84 Å². The van der Waals surface area contributed by atoms with Gasteiger partial charge in [-0.15, -0.1) is 0 Å². The molecule has 0 fully saturated rings. The summed E-state index contributed by atoms with van der Waals surface area (Å²) in [4.78, 5) is 0. The minimum absolute atomic E-state index is 0.0101. The lowest BCUT2D eigenvalue weighted by atomic mass is 10.1. The average Bonchev–Trinajstić information content (AvgIpc) is 2.02. The Morgan fingerprint density at radius 2 is 2.14 bits per heavy atom. The molecule has 0 aliphatic heterocycles. The van der Waals surface area contributed by atoms with E-state index in [-0.39, 0.29) is 5.95 Å². The molecule has 14 heavy (non-hydrogen) atoms. The Balaban J connectivity index is 3.75. The zero-order chi connectivity index (χ0) is 11.0. The Labute approximate surface area is 87.3 Å². The molecule has 82 valence electrons. The number of unbranched alkanes of at least 4 members (excludes halogenated alkanes) is 2. The topological polar surface area (TPSA) is 29.5 Å². The minimum atomic E-state index is -0.0101. The maximum Gasteiger partial charge on any atom is 0.277 e. The van der Waals surface area contributed by atoms with Crippen molar-refractivity contribution in [1.82, 2.24) is 0 Å². The van der Waals surface area contributed by atoms with Gasteiger partial charge in [-0.05, 0) is 24.8 Å². The lowest BCUT2D eigenvalue weighted by Crippen LogP contribution is -1.96. The minimum Gasteiger partial charge on any atom is -0.481 e. The SMILES string of the molecule is C=C(CC(C)C)O/C(O)=C/CCCC. The van der Waals surface area contributed by atoms with Gasteiger partial charge >= 0.3 is 0 Å². The molecular formula is C12H22O2. The number of aliphatic hydroxyl groups excluding tert-OH is 1. The van der Waals surface area contributed by atoms with Gasteiger partial charge in [0.1, 0.15) is 5.76 Å². The van der Waals surface area contributed by atoms with Gasteiger partial charge in [-0.2, -0.15) is 0 Å². The molecule has 0 aliphatic rings. The number of ether oxygens (including phenoxy) is 1. The normalized spacial score (nSPS) is 11.9. The third-order valence-electron chi connectivity index (χ3n) is 1.76. The number of aliphatic hydroxyl groups is 1. The lowest BCUT2D eigenvalue weighted by molar-refractivity contribution is 0.136. The molecule has 0 rings (SSSR count). The summed E-state index contributed by atoms with van der Waals surface area (Å²) in [5.41, 5.74) is 0. The highest BCUT2D eigenvalue weighted by Gasteiger charge is 2.01. The number of allylic oxidation sites excluding steroid dienone is 2. The zero-order valence-corrected chi connectivity index (χ0v) is 9.55. The fourth-order valence-corrected chi connectivity index (χ4v) is 1.12. The average molecular weight is 198 g/mol. The Hall–Kier alpha value is -0.920. The summed E-state index contributed by atoms with van der Waals surface area (Å²) in [6, 6.07) is 0. The molecular weight excluding hydrogens is 176 g/mol. The van der Waals surface area contributed by atoms with E-state index in [2.05, 4.69) is 27.4 Å². The second-order valence-electron chi connectivity index (χ2n) is 3.92. The van der Waals surface area contributed by atoms with E-state index in [0.29, 0.717) is 11.7 Å². The Morgan fingerprint density at radius 3 is 2.64 bits per heavy atom. The van der Waals surface area contributed by atoms with Crippen LogP contribution in [0.5, 0.6) is 0 Å². The van der Waals surface area contributed by atoms with Gasteiger partial charge in [-0.25, -0.2) is 0 Å². The van der Waals surface area contributed by atoms with Crippen LogP contribution in [-0.2, 0) is 4.74 Å². The van der Waals surface area contributed by atoms with Crippen molar-refractivity contribution in [1.29, 1.82) is 0 Å². The van der Waals surface area contributed by atoms with E-state index >= 15 is 0 Å². The highest BCUT2D eigenvalue weighted by molar-refractivity contribution is 4.92. The van der Waals surface area contributed by atoms with Crippen molar-refractivity contribution in [3.05, 3.63) is 24.4 Å². The van der Waals surface area contributed by atoms with Gasteiger partial charge in [0.05, 0.1) is 0 Å². The van der Waals surface area contributed by atoms with Crippen molar-refractivity contribution in [2.24, 2.45) is 5.92 Å². The first-order valence-electron chi connectivity index (χ1n) is 5.31. The van der Waals surface area contributed by atoms with Crippen molar-refractivity contribution in [3.63, 3.8) is 0 Å². The lowest BCUT2D eigenvalue weighted by Gasteiger charge is -2.09. The van der Waals surface area contributed by atoms with Gasteiger partial charge in [0.15, 0.2) is 0 Å². The number of hydrogen-bond donors (Lipinski definition) is 1. The summed E-state index contributed by atoms with van der Waals surface area (Å²) >= 11 is 0. The maximum absolute atomic E-state index is 9.34. The zero-order valence-electron chi connectivity index (χ0n) is 9.55. The third kappa shape index (κ3) is 7.71. The van der Waals surface area contributed by atoms with Gasteiger partial charge in [0.2, 0.25) is 0 Å². The van der Waals surface area contributed by atoms with Crippen LogP contribution in [0.1, 0.15) is 46.5 Å². The number of hydrogen-bond acceptors (Lipinski definition) is 2. The van der Waals surface area contributed by atoms with Crippen molar-refractivity contribution >= 4 is 0 Å². The molecule has 0 aromatic heterocycles. The first kappa shape index (κ1) is 13.1. The molecule has 0 atom stereocenters. The summed E-state index contributed by atoms with van der Waals surface area (Å²) in [7, 11) is 0. The van der Waals surface area contributed by atoms with E-state index in [1.807, 2.05) is 0 Å². The van der Waals surface area contributed by atoms with Crippen LogP contribution in [0, 0.1) is 5.92 Å². The summed E-state index contributed by atoms with van der Waals surface area (Å²) in [5, 5.41) is 9.34. The van der Waals surface area contributed by atoms with Crippen LogP contribution in [0.3, 0.4) is 0 Å². The summed E-state index contributed by atoms with van der Waals surface area (Å²) in [5.74, 6) is 1.13. The largest absolute Gasteiger partial charge is 0.481 e. The van der Waals surface area contributed by atoms with Crippen LogP contribution in [0.15, 0.2) is 24.4 Å². The molecule has 0 unspecified atom stereocenters. The van der Waals surface area contributed by atoms with Crippen molar-refractivity contribution in [3.8, 4) is 0 Å². The fraction of sp³-hybridized carbons (Fsp3) is 0.667. The van der Waals surface area contributed by atoms with Crippen LogP contribution in [0.25, 0.3) is 0 Å². The molecule has 0 aliphatic carbocycles. The van der Waals surface area contributed by atoms with E-state index in [1.54, 1.807) is 6.08 Å². The number of rotatable bonds is 7. The summed E-state index contributed by atoms with van der Waals surface area (Å²) < 4.78 is 5.13. The van der Waals surface area contributed by atoms with E-state index in [1.165, 1.54) is 0 Å². The van der Waals surface area contributed by atoms with Crippen LogP contribution in [-0.4, -0.2) is 5.11 Å². The predicted octanol–water partition coefficient (Wildman–Crippen LogP) is 4.15. The van der Waals surface area contributed by atoms with Gasteiger partial charge in [0.25, 0.3) is 5.95 Å². The van der Waals surface area contributed by atoms with E-state index < -0.39 is 0 Å². The van der Waals surface area contributed by atoms with Gasteiger partial charge in [-0.3, -0.25) is 0 Å². The molecule has 0 bridgehead atoms. The molecule has 1 N–H and O–H groups in total. The molecule has 0 spiro atoms. The van der Waals surface area contributed by atoms with Gasteiger partial charge in [-0.1, -0.05) is 33.8 Å². The molecule has 0 saturated carbocycles. The quantitative estimate of drug-likeness (QED) is 0.492. The molecule has 2 heteroatoms. The molecule has 2 nitrogen and oxygen atoms in total. The Morgan fingerprint density at radius 1 is 1.50 bits per heavy atom. The monoisotopic (exact) mass is 198 g/mol. The maximum atomic E-state index is 9.34. The van der Waals surface area contributed by atoms with Crippen LogP contribution < -0.4 is 0 Å². The molecule has 0 saturated heterocycles. The van der Waals surface area contributed by atoms with E-state index in [0.717, 1.165) is 25.7 Å². The van der Waals surface area contributed by atoms with Crippen molar-refractivity contribution in [2.45, 2.75) is 46.5 Å². The highest BCUT2D eigenvalue weighted by atomic mass is 16.6. The standard InChI is InChI=1S/C12H22O2/c1-5-6-7-8-12(13)14-11(4)9-10(2)3/h8,10,13H,4-7,9H2,1-3H3/b12-8+. The van der Waals surface area contributed by atoms with E-state index in [9.17, 15) is 5.11 Å². The summed E-state index contributed by atoms with van der Waals surface area (Å²) in [6.07, 6.45) is 5.54. The Bertz CT molecular complexity index is 192. The third-order valence-corrected chi connectivity index (χ3v) is 1.76. The second-order valence-corrected chi connectivity index (χ2v) is 3.92. The first-order valence-corrected chi connectivity index (χ1v) is 5.31. The van der Waals surface area contributed by atoms with Crippen LogP contribution in [0.4, 0.5) is 0 Å². The molecule has 0 heterocycles. The first-order chi connectivity index (χ1) is 6.56. The molecule has 0 amide bonds. The highest BCUT2D eigenvalue weighted by Crippen LogP contribution is 2.13. The smallest absolute Gasteiger partial charge is 0.277 e. The molecule has 0 aromatic carbocycles. The molecule has 0 radical (unpaired) electrons. The van der Waals surface area contributed by atoms with Crippen molar-refractivity contribution in [2.75, 3.05) is 0 Å². The predicted molar refractivity (Wildman–Crippen MR) is 59.9 cm³/mol. The summed E-state index contributed by atoms with van der Waals surface area (Å²) in [6.45, 7) is 10.0. The second kappa shape index (κ2) is 7.48. The Kier molecular flexibility index (Phi) is 6.99. The molecule has 0 aromatic rings. The fourth-order valence-electron chi connectivity index (χ4n) is 1.12. The van der Waals surface area contributed by atoms with Crippen LogP contribution in [0.2, 0.25) is 0 Å². The van der Waals surface area contributed by atoms with E-state index in [4.69, 9.17) is 4.74 Å². The van der Waals surface area contributed by atoms with Gasteiger partial charge < -0.3 is 9.84 Å². The van der Waals surface area contributed by atoms with Gasteiger partial charge in [0, 0.05) is 6.42 Å². The van der Waals surface area contributed by atoms with Crippen LogP contribution >= 0.6 is 0 Å².